The molecule has 6 nitrogen and oxygen atoms in total. The highest BCUT2D eigenvalue weighted by Gasteiger charge is 2.34. The predicted molar refractivity (Wildman–Crippen MR) is 89.5 cm³/mol. The van der Waals surface area contributed by atoms with Crippen LogP contribution in [-0.4, -0.2) is 33.0 Å². The van der Waals surface area contributed by atoms with Gasteiger partial charge < -0.3 is 10.4 Å². The van der Waals surface area contributed by atoms with Gasteiger partial charge in [-0.1, -0.05) is 24.3 Å². The SMILES string of the molecule is O=C(NC[C@]1(O)CCCc2ccccc21)c1ccc2n[nH]nc2c1. The van der Waals surface area contributed by atoms with E-state index in [-0.39, 0.29) is 12.5 Å². The van der Waals surface area contributed by atoms with Crippen LogP contribution < -0.4 is 5.32 Å². The van der Waals surface area contributed by atoms with Gasteiger partial charge in [0.15, 0.2) is 0 Å². The highest BCUT2D eigenvalue weighted by Crippen LogP contribution is 2.34. The number of aromatic amines is 1. The third kappa shape index (κ3) is 2.55. The molecule has 3 N–H and O–H groups in total. The Morgan fingerprint density at radius 1 is 1.21 bits per heavy atom. The van der Waals surface area contributed by atoms with E-state index in [1.165, 1.54) is 0 Å². The van der Waals surface area contributed by atoms with Gasteiger partial charge in [0.1, 0.15) is 16.6 Å². The van der Waals surface area contributed by atoms with Crippen LogP contribution in [0.15, 0.2) is 42.5 Å². The number of carbonyl (C=O) groups is 1. The second-order valence-electron chi connectivity index (χ2n) is 6.25. The molecule has 0 aliphatic heterocycles. The highest BCUT2D eigenvalue weighted by molar-refractivity contribution is 5.97. The standard InChI is InChI=1S/C18H18N4O2/c23-17(13-7-8-15-16(10-13)21-22-20-15)19-11-18(24)9-3-5-12-4-1-2-6-14(12)18/h1-2,4,6-8,10,24H,3,5,9,11H2,(H,19,23)(H,20,21,22)/t18-/m1/s1. The number of amides is 1. The Morgan fingerprint density at radius 3 is 2.96 bits per heavy atom. The van der Waals surface area contributed by atoms with Gasteiger partial charge in [-0.2, -0.15) is 15.4 Å². The molecule has 1 amide bonds. The minimum Gasteiger partial charge on any atom is -0.383 e. The molecule has 0 spiro atoms. The molecule has 4 rings (SSSR count). The van der Waals surface area contributed by atoms with Crippen LogP contribution >= 0.6 is 0 Å². The molecule has 6 heteroatoms. The van der Waals surface area contributed by atoms with E-state index in [9.17, 15) is 9.90 Å². The van der Waals surface area contributed by atoms with Gasteiger partial charge in [-0.3, -0.25) is 4.79 Å². The third-order valence-electron chi connectivity index (χ3n) is 4.68. The summed E-state index contributed by atoms with van der Waals surface area (Å²) in [6.07, 6.45) is 2.52. The van der Waals surface area contributed by atoms with Crippen molar-refractivity contribution in [3.8, 4) is 0 Å². The molecule has 24 heavy (non-hydrogen) atoms. The number of hydrogen-bond acceptors (Lipinski definition) is 4. The zero-order valence-corrected chi connectivity index (χ0v) is 13.1. The fourth-order valence-electron chi connectivity index (χ4n) is 3.39. The van der Waals surface area contributed by atoms with E-state index in [2.05, 4.69) is 20.7 Å². The molecular weight excluding hydrogens is 304 g/mol. The summed E-state index contributed by atoms with van der Waals surface area (Å²) in [4.78, 5) is 12.4. The lowest BCUT2D eigenvalue weighted by molar-refractivity contribution is 0.0189. The first-order valence-corrected chi connectivity index (χ1v) is 8.05. The van der Waals surface area contributed by atoms with Crippen molar-refractivity contribution in [3.05, 3.63) is 59.2 Å². The van der Waals surface area contributed by atoms with Crippen molar-refractivity contribution in [2.24, 2.45) is 0 Å². The van der Waals surface area contributed by atoms with Crippen LogP contribution in [0.3, 0.4) is 0 Å². The van der Waals surface area contributed by atoms with Crippen molar-refractivity contribution in [2.75, 3.05) is 6.54 Å². The number of aliphatic hydroxyl groups is 1. The molecule has 0 unspecified atom stereocenters. The van der Waals surface area contributed by atoms with E-state index >= 15 is 0 Å². The predicted octanol–water partition coefficient (Wildman–Crippen LogP) is 1.91. The van der Waals surface area contributed by atoms with E-state index < -0.39 is 5.60 Å². The molecule has 1 aliphatic rings. The molecule has 1 aliphatic carbocycles. The average Bonchev–Trinajstić information content (AvgIpc) is 3.08. The summed E-state index contributed by atoms with van der Waals surface area (Å²) in [5.41, 5.74) is 2.93. The number of rotatable bonds is 3. The second kappa shape index (κ2) is 5.72. The van der Waals surface area contributed by atoms with Crippen molar-refractivity contribution < 1.29 is 9.90 Å². The maximum Gasteiger partial charge on any atom is 0.251 e. The average molecular weight is 322 g/mol. The van der Waals surface area contributed by atoms with Crippen molar-refractivity contribution >= 4 is 16.9 Å². The van der Waals surface area contributed by atoms with E-state index in [4.69, 9.17) is 0 Å². The molecule has 1 aromatic heterocycles. The number of nitrogens with one attached hydrogen (secondary N) is 2. The number of carbonyl (C=O) groups excluding carboxylic acids is 1. The van der Waals surface area contributed by atoms with Crippen LogP contribution in [0.25, 0.3) is 11.0 Å². The lowest BCUT2D eigenvalue weighted by atomic mass is 9.79. The molecule has 0 bridgehead atoms. The van der Waals surface area contributed by atoms with Crippen molar-refractivity contribution in [2.45, 2.75) is 24.9 Å². The zero-order chi connectivity index (χ0) is 16.6. The molecule has 3 aromatic rings. The molecule has 0 saturated heterocycles. The summed E-state index contributed by atoms with van der Waals surface area (Å²) in [6.45, 7) is 0.194. The lowest BCUT2D eigenvalue weighted by Gasteiger charge is -2.34. The fourth-order valence-corrected chi connectivity index (χ4v) is 3.39. The van der Waals surface area contributed by atoms with Crippen molar-refractivity contribution in [1.29, 1.82) is 0 Å². The van der Waals surface area contributed by atoms with Gasteiger partial charge in [0, 0.05) is 5.56 Å². The van der Waals surface area contributed by atoms with E-state index in [1.54, 1.807) is 18.2 Å². The molecule has 1 heterocycles. The van der Waals surface area contributed by atoms with Crippen LogP contribution in [-0.2, 0) is 12.0 Å². The Morgan fingerprint density at radius 2 is 2.04 bits per heavy atom. The smallest absolute Gasteiger partial charge is 0.251 e. The Hall–Kier alpha value is -2.73. The first-order valence-electron chi connectivity index (χ1n) is 8.05. The van der Waals surface area contributed by atoms with Crippen LogP contribution in [0, 0.1) is 0 Å². The Balaban J connectivity index is 1.53. The topological polar surface area (TPSA) is 90.9 Å². The maximum absolute atomic E-state index is 12.4. The van der Waals surface area contributed by atoms with Gasteiger partial charge in [-0.25, -0.2) is 0 Å². The summed E-state index contributed by atoms with van der Waals surface area (Å²) in [5, 5.41) is 24.4. The summed E-state index contributed by atoms with van der Waals surface area (Å²) >= 11 is 0. The van der Waals surface area contributed by atoms with Gasteiger partial charge in [0.25, 0.3) is 5.91 Å². The monoisotopic (exact) mass is 322 g/mol. The number of hydrogen-bond donors (Lipinski definition) is 3. The fraction of sp³-hybridized carbons (Fsp3) is 0.278. The largest absolute Gasteiger partial charge is 0.383 e. The minimum atomic E-state index is -1.01. The Labute approximate surface area is 138 Å². The molecule has 1 atom stereocenters. The normalized spacial score (nSPS) is 19.9. The van der Waals surface area contributed by atoms with E-state index in [0.29, 0.717) is 23.0 Å². The molecule has 0 saturated carbocycles. The number of nitrogens with zero attached hydrogens (tertiary/aromatic N) is 2. The molecule has 0 fully saturated rings. The summed E-state index contributed by atoms with van der Waals surface area (Å²) in [5.74, 6) is -0.226. The number of aromatic nitrogens is 3. The van der Waals surface area contributed by atoms with Gasteiger partial charge in [-0.15, -0.1) is 0 Å². The van der Waals surface area contributed by atoms with Crippen LogP contribution in [0.4, 0.5) is 0 Å². The first-order chi connectivity index (χ1) is 11.7. The molecule has 0 radical (unpaired) electrons. The van der Waals surface area contributed by atoms with Gasteiger partial charge in [0.2, 0.25) is 0 Å². The van der Waals surface area contributed by atoms with Crippen molar-refractivity contribution in [3.63, 3.8) is 0 Å². The number of H-pyrrole nitrogens is 1. The molecule has 2 aromatic carbocycles. The minimum absolute atomic E-state index is 0.194. The summed E-state index contributed by atoms with van der Waals surface area (Å²) in [7, 11) is 0. The quantitative estimate of drug-likeness (QED) is 0.687. The number of benzene rings is 2. The maximum atomic E-state index is 12.4. The van der Waals surface area contributed by atoms with Crippen LogP contribution in [0.2, 0.25) is 0 Å². The first kappa shape index (κ1) is 14.8. The second-order valence-corrected chi connectivity index (χ2v) is 6.25. The van der Waals surface area contributed by atoms with Crippen molar-refractivity contribution in [1.82, 2.24) is 20.7 Å². The Bertz CT molecular complexity index is 905. The Kier molecular flexibility index (Phi) is 3.54. The van der Waals surface area contributed by atoms with Crippen LogP contribution in [0.1, 0.15) is 34.3 Å². The molecule has 122 valence electrons. The molecular formula is C18H18N4O2. The summed E-state index contributed by atoms with van der Waals surface area (Å²) in [6, 6.07) is 13.0. The van der Waals surface area contributed by atoms with E-state index in [0.717, 1.165) is 24.0 Å². The van der Waals surface area contributed by atoms with Gasteiger partial charge in [0.05, 0.1) is 6.54 Å². The number of aryl methyl sites for hydroxylation is 1. The zero-order valence-electron chi connectivity index (χ0n) is 13.1. The summed E-state index contributed by atoms with van der Waals surface area (Å²) < 4.78 is 0. The van der Waals surface area contributed by atoms with Crippen LogP contribution in [0.5, 0.6) is 0 Å². The lowest BCUT2D eigenvalue weighted by Crippen LogP contribution is -2.43. The third-order valence-corrected chi connectivity index (χ3v) is 4.68. The number of fused-ring (bicyclic) bond motifs is 2. The van der Waals surface area contributed by atoms with Gasteiger partial charge >= 0.3 is 0 Å². The highest BCUT2D eigenvalue weighted by atomic mass is 16.3. The van der Waals surface area contributed by atoms with E-state index in [1.807, 2.05) is 24.3 Å². The van der Waals surface area contributed by atoms with Gasteiger partial charge in [-0.05, 0) is 48.6 Å².